The van der Waals surface area contributed by atoms with Crippen LogP contribution in [0, 0.1) is 0 Å². The molecule has 0 saturated carbocycles. The van der Waals surface area contributed by atoms with E-state index in [1.165, 1.54) is 4.70 Å². The molecule has 6 heteroatoms. The lowest BCUT2D eigenvalue weighted by Crippen LogP contribution is -2.09. The highest BCUT2D eigenvalue weighted by Crippen LogP contribution is 2.31. The summed E-state index contributed by atoms with van der Waals surface area (Å²) in [7, 11) is 0. The van der Waals surface area contributed by atoms with Gasteiger partial charge >= 0.3 is 0 Å². The van der Waals surface area contributed by atoms with Crippen molar-refractivity contribution < 1.29 is 0 Å². The van der Waals surface area contributed by atoms with Gasteiger partial charge in [-0.05, 0) is 6.07 Å². The molecule has 0 aliphatic rings. The van der Waals surface area contributed by atoms with Crippen LogP contribution < -0.4 is 5.56 Å². The van der Waals surface area contributed by atoms with Crippen molar-refractivity contribution in [3.63, 3.8) is 0 Å². The Hall–Kier alpha value is -1.85. The van der Waals surface area contributed by atoms with Crippen molar-refractivity contribution in [1.82, 2.24) is 14.4 Å². The zero-order chi connectivity index (χ0) is 11.4. The van der Waals surface area contributed by atoms with Crippen LogP contribution in [-0.2, 0) is 0 Å². The van der Waals surface area contributed by atoms with Crippen molar-refractivity contribution in [3.8, 4) is 0 Å². The van der Waals surface area contributed by atoms with Crippen LogP contribution in [0.15, 0.2) is 41.5 Å². The van der Waals surface area contributed by atoms with Crippen molar-refractivity contribution in [3.05, 3.63) is 47.0 Å². The number of halogens is 1. The molecule has 18 heavy (non-hydrogen) atoms. The summed E-state index contributed by atoms with van der Waals surface area (Å²) in [6, 6.07) is 8.06. The summed E-state index contributed by atoms with van der Waals surface area (Å²) in [5, 5.41) is 1.08. The van der Waals surface area contributed by atoms with Crippen LogP contribution in [-0.4, -0.2) is 14.4 Å². The van der Waals surface area contributed by atoms with Crippen molar-refractivity contribution in [2.45, 2.75) is 0 Å². The van der Waals surface area contributed by atoms with Crippen LogP contribution in [0.1, 0.15) is 0 Å². The Balaban J connectivity index is 0.000001000. The topological polar surface area (TPSA) is 50.2 Å². The van der Waals surface area contributed by atoms with Gasteiger partial charge in [0.05, 0.1) is 5.52 Å². The summed E-state index contributed by atoms with van der Waals surface area (Å²) < 4.78 is 3.01. The lowest BCUT2D eigenvalue weighted by Gasteiger charge is -1.95. The first-order valence-corrected chi connectivity index (χ1v) is 6.03. The molecule has 3 aromatic heterocycles. The Bertz CT molecular complexity index is 921. The van der Waals surface area contributed by atoms with Gasteiger partial charge < -0.3 is 4.98 Å². The zero-order valence-electron chi connectivity index (χ0n) is 9.08. The third-order valence-corrected chi connectivity index (χ3v) is 4.05. The highest BCUT2D eigenvalue weighted by atomic mass is 35.5. The van der Waals surface area contributed by atoms with Gasteiger partial charge in [-0.1, -0.05) is 18.2 Å². The molecule has 4 rings (SSSR count). The quantitative estimate of drug-likeness (QED) is 0.537. The van der Waals surface area contributed by atoms with E-state index in [0.29, 0.717) is 5.65 Å². The molecule has 0 aliphatic carbocycles. The van der Waals surface area contributed by atoms with E-state index in [4.69, 9.17) is 0 Å². The first-order valence-electron chi connectivity index (χ1n) is 5.21. The van der Waals surface area contributed by atoms with E-state index < -0.39 is 0 Å². The molecule has 0 radical (unpaired) electrons. The second kappa shape index (κ2) is 3.83. The fourth-order valence-corrected chi connectivity index (χ4v) is 3.27. The number of nitrogens with zero attached hydrogens (tertiary/aromatic N) is 2. The van der Waals surface area contributed by atoms with Crippen LogP contribution in [0.4, 0.5) is 0 Å². The van der Waals surface area contributed by atoms with Gasteiger partial charge in [-0.25, -0.2) is 4.98 Å². The number of H-pyrrole nitrogens is 1. The Labute approximate surface area is 111 Å². The van der Waals surface area contributed by atoms with E-state index >= 15 is 0 Å². The molecule has 4 aromatic rings. The van der Waals surface area contributed by atoms with Gasteiger partial charge in [0.25, 0.3) is 5.56 Å². The minimum atomic E-state index is -0.147. The maximum Gasteiger partial charge on any atom is 0.292 e. The molecule has 0 amide bonds. The molecule has 0 fully saturated rings. The minimum absolute atomic E-state index is 0. The molecule has 4 nitrogen and oxygen atoms in total. The largest absolute Gasteiger partial charge is 0.316 e. The van der Waals surface area contributed by atoms with Crippen molar-refractivity contribution in [2.75, 3.05) is 0 Å². The maximum absolute atomic E-state index is 11.9. The molecule has 0 bridgehead atoms. The molecule has 0 unspecified atom stereocenters. The summed E-state index contributed by atoms with van der Waals surface area (Å²) in [5.41, 5.74) is 1.19. The van der Waals surface area contributed by atoms with Crippen molar-refractivity contribution in [1.29, 1.82) is 0 Å². The number of hydrogen-bond acceptors (Lipinski definition) is 3. The number of rotatable bonds is 0. The highest BCUT2D eigenvalue weighted by Gasteiger charge is 2.10. The molecule has 3 heterocycles. The lowest BCUT2D eigenvalue weighted by molar-refractivity contribution is 1.19. The molecule has 0 atom stereocenters. The van der Waals surface area contributed by atoms with Gasteiger partial charge in [0.15, 0.2) is 0 Å². The van der Waals surface area contributed by atoms with Gasteiger partial charge in [0, 0.05) is 22.5 Å². The molecule has 90 valence electrons. The number of benzene rings is 1. The average molecular weight is 278 g/mol. The zero-order valence-corrected chi connectivity index (χ0v) is 10.7. The SMILES string of the molecule is Cl.O=c1[nH]c2c3ccccc3sc2n2ccnc12. The second-order valence-electron chi connectivity index (χ2n) is 3.85. The van der Waals surface area contributed by atoms with Gasteiger partial charge in [0.1, 0.15) is 4.83 Å². The van der Waals surface area contributed by atoms with Gasteiger partial charge in [-0.3, -0.25) is 9.20 Å². The maximum atomic E-state index is 11.9. The van der Waals surface area contributed by atoms with Crippen LogP contribution in [0.2, 0.25) is 0 Å². The van der Waals surface area contributed by atoms with Crippen LogP contribution >= 0.6 is 23.7 Å². The normalized spacial score (nSPS) is 11.1. The summed E-state index contributed by atoms with van der Waals surface area (Å²) in [5.74, 6) is 0. The van der Waals surface area contributed by atoms with E-state index in [0.717, 1.165) is 15.7 Å². The molecular formula is C12H8ClN3OS. The third-order valence-electron chi connectivity index (χ3n) is 2.88. The third kappa shape index (κ3) is 1.31. The smallest absolute Gasteiger partial charge is 0.292 e. The molecule has 0 saturated heterocycles. The van der Waals surface area contributed by atoms with Gasteiger partial charge in [-0.2, -0.15) is 0 Å². The first-order chi connectivity index (χ1) is 8.34. The summed E-state index contributed by atoms with van der Waals surface area (Å²) >= 11 is 1.66. The Morgan fingerprint density at radius 2 is 2.11 bits per heavy atom. The van der Waals surface area contributed by atoms with E-state index in [1.54, 1.807) is 17.5 Å². The standard InChI is InChI=1S/C12H7N3OS.ClH/c16-11-10-13-5-6-15(10)12-9(14-11)7-3-1-2-4-8(7)17-12;/h1-6H,(H,14,16);1H. The summed E-state index contributed by atoms with van der Waals surface area (Å²) in [6.07, 6.45) is 3.47. The monoisotopic (exact) mass is 277 g/mol. The molecule has 1 aromatic carbocycles. The lowest BCUT2D eigenvalue weighted by atomic mass is 10.2. The van der Waals surface area contributed by atoms with Crippen LogP contribution in [0.25, 0.3) is 26.1 Å². The molecular weight excluding hydrogens is 270 g/mol. The summed E-state index contributed by atoms with van der Waals surface area (Å²) in [6.45, 7) is 0. The first kappa shape index (κ1) is 11.3. The number of thiophene rings is 1. The number of aromatic nitrogens is 3. The van der Waals surface area contributed by atoms with Crippen LogP contribution in [0.5, 0.6) is 0 Å². The molecule has 1 N–H and O–H groups in total. The molecule has 0 spiro atoms. The highest BCUT2D eigenvalue weighted by molar-refractivity contribution is 7.25. The summed E-state index contributed by atoms with van der Waals surface area (Å²) in [4.78, 5) is 19.9. The average Bonchev–Trinajstić information content (AvgIpc) is 2.93. The Kier molecular flexibility index (Phi) is 2.39. The fraction of sp³-hybridized carbons (Fsp3) is 0. The van der Waals surface area contributed by atoms with E-state index in [9.17, 15) is 4.79 Å². The predicted octanol–water partition coefficient (Wildman–Crippen LogP) is 2.81. The Morgan fingerprint density at radius 3 is 3.00 bits per heavy atom. The minimum Gasteiger partial charge on any atom is -0.316 e. The van der Waals surface area contributed by atoms with Crippen LogP contribution in [0.3, 0.4) is 0 Å². The predicted molar refractivity (Wildman–Crippen MR) is 75.9 cm³/mol. The number of fused-ring (bicyclic) bond motifs is 5. The number of nitrogens with one attached hydrogen (secondary N) is 1. The number of aromatic amines is 1. The van der Waals surface area contributed by atoms with E-state index in [-0.39, 0.29) is 18.0 Å². The number of imidazole rings is 1. The van der Waals surface area contributed by atoms with E-state index in [2.05, 4.69) is 16.0 Å². The van der Waals surface area contributed by atoms with Gasteiger partial charge in [0.2, 0.25) is 5.65 Å². The second-order valence-corrected chi connectivity index (χ2v) is 4.88. The van der Waals surface area contributed by atoms with Gasteiger partial charge in [-0.15, -0.1) is 23.7 Å². The number of hydrogen-bond donors (Lipinski definition) is 1. The van der Waals surface area contributed by atoms with E-state index in [1.807, 2.05) is 28.8 Å². The van der Waals surface area contributed by atoms with Crippen molar-refractivity contribution in [2.24, 2.45) is 0 Å². The fourth-order valence-electron chi connectivity index (χ4n) is 2.13. The Morgan fingerprint density at radius 1 is 1.28 bits per heavy atom. The molecule has 0 aliphatic heterocycles. The van der Waals surface area contributed by atoms with Crippen molar-refractivity contribution >= 4 is 49.8 Å².